The standard InChI is InChI=1S/C18H12F3N5O/c19-11-7-12(20)9-13(8-11)22-16-3-4-17-23-24-18(26(17)25-16)6-10-1-2-15(27)14(21)5-10/h1-5,7-9,27H,6H2,(H,22,25). The number of halogens is 3. The first kappa shape index (κ1) is 16.8. The molecule has 2 aromatic heterocycles. The van der Waals surface area contributed by atoms with E-state index >= 15 is 0 Å². The van der Waals surface area contributed by atoms with Crippen molar-refractivity contribution in [3.05, 3.63) is 77.4 Å². The van der Waals surface area contributed by atoms with E-state index in [-0.39, 0.29) is 12.1 Å². The fourth-order valence-corrected chi connectivity index (χ4v) is 2.63. The summed E-state index contributed by atoms with van der Waals surface area (Å²) in [4.78, 5) is 0. The number of hydrogen-bond donors (Lipinski definition) is 2. The Kier molecular flexibility index (Phi) is 4.11. The lowest BCUT2D eigenvalue weighted by Gasteiger charge is -2.07. The van der Waals surface area contributed by atoms with Crippen molar-refractivity contribution >= 4 is 17.2 Å². The van der Waals surface area contributed by atoms with Gasteiger partial charge in [0, 0.05) is 18.2 Å². The molecule has 0 spiro atoms. The lowest BCUT2D eigenvalue weighted by molar-refractivity contribution is 0.432. The van der Waals surface area contributed by atoms with Crippen molar-refractivity contribution in [2.24, 2.45) is 0 Å². The number of anilines is 2. The van der Waals surface area contributed by atoms with Crippen LogP contribution in [0.25, 0.3) is 5.65 Å². The van der Waals surface area contributed by atoms with Crippen LogP contribution in [-0.4, -0.2) is 24.9 Å². The Bertz CT molecular complexity index is 1130. The smallest absolute Gasteiger partial charge is 0.178 e. The van der Waals surface area contributed by atoms with E-state index < -0.39 is 23.2 Å². The van der Waals surface area contributed by atoms with Crippen molar-refractivity contribution < 1.29 is 18.3 Å². The molecule has 0 amide bonds. The summed E-state index contributed by atoms with van der Waals surface area (Å²) in [6, 6.07) is 10.3. The predicted octanol–water partition coefficient (Wildman–Crippen LogP) is 3.58. The second-order valence-corrected chi connectivity index (χ2v) is 5.85. The van der Waals surface area contributed by atoms with Gasteiger partial charge in [-0.15, -0.1) is 15.3 Å². The lowest BCUT2D eigenvalue weighted by atomic mass is 10.1. The quantitative estimate of drug-likeness (QED) is 0.574. The molecule has 0 saturated heterocycles. The zero-order chi connectivity index (χ0) is 19.0. The molecule has 0 saturated carbocycles. The average Bonchev–Trinajstić information content (AvgIpc) is 3.00. The zero-order valence-corrected chi connectivity index (χ0v) is 13.7. The third-order valence-electron chi connectivity index (χ3n) is 3.84. The molecule has 2 heterocycles. The maximum absolute atomic E-state index is 13.5. The summed E-state index contributed by atoms with van der Waals surface area (Å²) < 4.78 is 41.6. The molecule has 4 rings (SSSR count). The third kappa shape index (κ3) is 3.52. The van der Waals surface area contributed by atoms with Crippen LogP contribution in [-0.2, 0) is 6.42 Å². The van der Waals surface area contributed by atoms with Gasteiger partial charge in [-0.3, -0.25) is 0 Å². The van der Waals surface area contributed by atoms with Crippen molar-refractivity contribution in [1.29, 1.82) is 0 Å². The van der Waals surface area contributed by atoms with Gasteiger partial charge in [0.15, 0.2) is 28.9 Å². The summed E-state index contributed by atoms with van der Waals surface area (Å²) in [7, 11) is 0. The number of nitrogens with zero attached hydrogens (tertiary/aromatic N) is 4. The highest BCUT2D eigenvalue weighted by Crippen LogP contribution is 2.20. The van der Waals surface area contributed by atoms with Gasteiger partial charge in [0.05, 0.1) is 0 Å². The van der Waals surface area contributed by atoms with E-state index in [1.54, 1.807) is 18.2 Å². The Hall–Kier alpha value is -3.62. The van der Waals surface area contributed by atoms with Crippen LogP contribution in [0.5, 0.6) is 5.75 Å². The largest absolute Gasteiger partial charge is 0.505 e. The Morgan fingerprint density at radius 1 is 0.926 bits per heavy atom. The molecule has 0 fully saturated rings. The van der Waals surface area contributed by atoms with Crippen LogP contribution in [0.2, 0.25) is 0 Å². The minimum atomic E-state index is -0.732. The van der Waals surface area contributed by atoms with E-state index in [2.05, 4.69) is 20.6 Å². The van der Waals surface area contributed by atoms with Crippen LogP contribution in [0.15, 0.2) is 48.5 Å². The number of phenolic OH excluding ortho intramolecular Hbond substituents is 1. The molecule has 0 aliphatic heterocycles. The summed E-state index contributed by atoms with van der Waals surface area (Å²) in [6.45, 7) is 0. The van der Waals surface area contributed by atoms with Crippen molar-refractivity contribution in [3.63, 3.8) is 0 Å². The van der Waals surface area contributed by atoms with Gasteiger partial charge in [0.1, 0.15) is 11.6 Å². The Morgan fingerprint density at radius 3 is 2.44 bits per heavy atom. The SMILES string of the molecule is Oc1ccc(Cc2nnc3ccc(Nc4cc(F)cc(F)c4)nn23)cc1F. The fraction of sp³-hybridized carbons (Fsp3) is 0.0556. The van der Waals surface area contributed by atoms with Gasteiger partial charge >= 0.3 is 0 Å². The normalized spacial score (nSPS) is 11.1. The van der Waals surface area contributed by atoms with Gasteiger partial charge in [-0.2, -0.15) is 4.52 Å². The van der Waals surface area contributed by atoms with Crippen LogP contribution in [0.3, 0.4) is 0 Å². The van der Waals surface area contributed by atoms with Crippen LogP contribution in [0.1, 0.15) is 11.4 Å². The Labute approximate surface area is 150 Å². The van der Waals surface area contributed by atoms with Gasteiger partial charge in [-0.1, -0.05) is 6.07 Å². The highest BCUT2D eigenvalue weighted by Gasteiger charge is 2.11. The van der Waals surface area contributed by atoms with Crippen molar-refractivity contribution in [2.75, 3.05) is 5.32 Å². The Balaban J connectivity index is 1.65. The topological polar surface area (TPSA) is 75.3 Å². The van der Waals surface area contributed by atoms with Gasteiger partial charge in [0.25, 0.3) is 0 Å². The molecule has 0 unspecified atom stereocenters. The minimum absolute atomic E-state index is 0.203. The molecule has 0 aliphatic carbocycles. The summed E-state index contributed by atoms with van der Waals surface area (Å²) in [5.41, 5.74) is 1.24. The first-order valence-electron chi connectivity index (χ1n) is 7.90. The van der Waals surface area contributed by atoms with Crippen LogP contribution < -0.4 is 5.32 Å². The number of aromatic nitrogens is 4. The maximum Gasteiger partial charge on any atom is 0.178 e. The first-order chi connectivity index (χ1) is 13.0. The number of phenols is 1. The van der Waals surface area contributed by atoms with Crippen molar-refractivity contribution in [3.8, 4) is 5.75 Å². The van der Waals surface area contributed by atoms with E-state index in [0.717, 1.165) is 18.2 Å². The monoisotopic (exact) mass is 371 g/mol. The van der Waals surface area contributed by atoms with E-state index in [1.807, 2.05) is 0 Å². The highest BCUT2D eigenvalue weighted by molar-refractivity contribution is 5.57. The van der Waals surface area contributed by atoms with E-state index in [4.69, 9.17) is 0 Å². The van der Waals surface area contributed by atoms with Crippen molar-refractivity contribution in [2.45, 2.75) is 6.42 Å². The highest BCUT2D eigenvalue weighted by atomic mass is 19.1. The number of aromatic hydroxyl groups is 1. The van der Waals surface area contributed by atoms with Gasteiger partial charge < -0.3 is 10.4 Å². The molecule has 27 heavy (non-hydrogen) atoms. The van der Waals surface area contributed by atoms with Crippen LogP contribution in [0, 0.1) is 17.5 Å². The molecule has 0 atom stereocenters. The summed E-state index contributed by atoms with van der Waals surface area (Å²) in [6.07, 6.45) is 0.226. The molecule has 4 aromatic rings. The minimum Gasteiger partial charge on any atom is -0.505 e. The molecule has 0 radical (unpaired) electrons. The van der Waals surface area contributed by atoms with Gasteiger partial charge in [0.2, 0.25) is 0 Å². The second kappa shape index (κ2) is 6.60. The van der Waals surface area contributed by atoms with Crippen LogP contribution in [0.4, 0.5) is 24.7 Å². The molecule has 2 N–H and O–H groups in total. The number of hydrogen-bond acceptors (Lipinski definition) is 5. The number of nitrogens with one attached hydrogen (secondary N) is 1. The molecule has 0 bridgehead atoms. The number of fused-ring (bicyclic) bond motifs is 1. The van der Waals surface area contributed by atoms with E-state index in [0.29, 0.717) is 22.9 Å². The number of benzene rings is 2. The van der Waals surface area contributed by atoms with E-state index in [9.17, 15) is 18.3 Å². The fourth-order valence-electron chi connectivity index (χ4n) is 2.63. The summed E-state index contributed by atoms with van der Waals surface area (Å²) in [5.74, 6) is -1.83. The molecular weight excluding hydrogens is 359 g/mol. The third-order valence-corrected chi connectivity index (χ3v) is 3.84. The molecular formula is C18H12F3N5O. The number of rotatable bonds is 4. The average molecular weight is 371 g/mol. The maximum atomic E-state index is 13.5. The molecule has 0 aliphatic rings. The first-order valence-corrected chi connectivity index (χ1v) is 7.90. The summed E-state index contributed by atoms with van der Waals surface area (Å²) >= 11 is 0. The Morgan fingerprint density at radius 2 is 1.70 bits per heavy atom. The zero-order valence-electron chi connectivity index (χ0n) is 13.7. The van der Waals surface area contributed by atoms with Gasteiger partial charge in [-0.05, 0) is 42.0 Å². The van der Waals surface area contributed by atoms with Crippen molar-refractivity contribution in [1.82, 2.24) is 19.8 Å². The van der Waals surface area contributed by atoms with E-state index in [1.165, 1.54) is 16.6 Å². The molecule has 6 nitrogen and oxygen atoms in total. The second-order valence-electron chi connectivity index (χ2n) is 5.85. The summed E-state index contributed by atoms with van der Waals surface area (Å²) in [5, 5.41) is 24.4. The van der Waals surface area contributed by atoms with Crippen LogP contribution >= 0.6 is 0 Å². The molecule has 136 valence electrons. The molecule has 9 heteroatoms. The van der Waals surface area contributed by atoms with Gasteiger partial charge in [-0.25, -0.2) is 13.2 Å². The lowest BCUT2D eigenvalue weighted by Crippen LogP contribution is -2.04. The molecule has 2 aromatic carbocycles. The predicted molar refractivity (Wildman–Crippen MR) is 91.3 cm³/mol.